The van der Waals surface area contributed by atoms with E-state index in [0.29, 0.717) is 52.7 Å². The van der Waals surface area contributed by atoms with Crippen LogP contribution in [-0.4, -0.2) is 65.9 Å². The van der Waals surface area contributed by atoms with Crippen molar-refractivity contribution in [3.8, 4) is 6.07 Å². The summed E-state index contributed by atoms with van der Waals surface area (Å²) in [5.41, 5.74) is 0. The Hall–Kier alpha value is -0.710. The summed E-state index contributed by atoms with van der Waals surface area (Å²) in [4.78, 5) is 0. The first kappa shape index (κ1) is 20.3. The van der Waals surface area contributed by atoms with Crippen molar-refractivity contribution >= 4 is 0 Å². The summed E-state index contributed by atoms with van der Waals surface area (Å²) in [5, 5.41) is 11.6. The fraction of sp³-hybridized carbons (Fsp3) is 0.933. The van der Waals surface area contributed by atoms with Crippen molar-refractivity contribution in [3.63, 3.8) is 0 Å². The minimum Gasteiger partial charge on any atom is -0.379 e. The van der Waals surface area contributed by atoms with Crippen LogP contribution in [0.25, 0.3) is 0 Å². The largest absolute Gasteiger partial charge is 0.379 e. The van der Waals surface area contributed by atoms with Gasteiger partial charge in [-0.15, -0.1) is 0 Å². The molecule has 0 aliphatic rings. The zero-order chi connectivity index (χ0) is 15.6. The molecule has 0 amide bonds. The van der Waals surface area contributed by atoms with Crippen molar-refractivity contribution in [2.45, 2.75) is 32.2 Å². The molecule has 0 spiro atoms. The summed E-state index contributed by atoms with van der Waals surface area (Å²) in [5.74, 6) is 0. The van der Waals surface area contributed by atoms with Crippen molar-refractivity contribution in [2.75, 3.05) is 59.9 Å². The lowest BCUT2D eigenvalue weighted by Crippen LogP contribution is -2.25. The van der Waals surface area contributed by atoms with E-state index in [0.717, 1.165) is 19.4 Å². The summed E-state index contributed by atoms with van der Waals surface area (Å²) < 4.78 is 21.5. The highest BCUT2D eigenvalue weighted by Crippen LogP contribution is 1.91. The van der Waals surface area contributed by atoms with Crippen molar-refractivity contribution in [2.24, 2.45) is 0 Å². The number of ether oxygens (including phenoxy) is 4. The van der Waals surface area contributed by atoms with E-state index in [4.69, 9.17) is 24.2 Å². The second-order valence-corrected chi connectivity index (χ2v) is 4.56. The van der Waals surface area contributed by atoms with Crippen molar-refractivity contribution in [1.29, 1.82) is 5.26 Å². The Morgan fingerprint density at radius 3 is 1.76 bits per heavy atom. The minimum absolute atomic E-state index is 0.140. The van der Waals surface area contributed by atoms with Crippen LogP contribution in [0.5, 0.6) is 0 Å². The number of hydrogen-bond acceptors (Lipinski definition) is 6. The molecule has 0 aliphatic carbocycles. The topological polar surface area (TPSA) is 72.7 Å². The van der Waals surface area contributed by atoms with Gasteiger partial charge in [0.15, 0.2) is 0 Å². The third-order valence-electron chi connectivity index (χ3n) is 2.81. The summed E-state index contributed by atoms with van der Waals surface area (Å²) in [6.45, 7) is 7.02. The molecule has 21 heavy (non-hydrogen) atoms. The Labute approximate surface area is 128 Å². The van der Waals surface area contributed by atoms with Gasteiger partial charge in [0, 0.05) is 13.2 Å². The molecule has 0 fully saturated rings. The molecule has 6 heteroatoms. The molecular formula is C15H30N2O4. The van der Waals surface area contributed by atoms with Gasteiger partial charge in [-0.3, -0.25) is 0 Å². The molecule has 0 heterocycles. The smallest absolute Gasteiger partial charge is 0.0972 e. The first-order chi connectivity index (χ1) is 10.3. The maximum Gasteiger partial charge on any atom is 0.0972 e. The predicted octanol–water partition coefficient (Wildman–Crippen LogP) is 1.35. The van der Waals surface area contributed by atoms with Crippen LogP contribution >= 0.6 is 0 Å². The molecular weight excluding hydrogens is 272 g/mol. The van der Waals surface area contributed by atoms with Crippen molar-refractivity contribution < 1.29 is 18.9 Å². The van der Waals surface area contributed by atoms with Crippen LogP contribution < -0.4 is 5.32 Å². The SMILES string of the molecule is CCCCOCCOCCOCCOCCC(C#N)NC. The monoisotopic (exact) mass is 302 g/mol. The summed E-state index contributed by atoms with van der Waals surface area (Å²) in [6.07, 6.45) is 2.95. The van der Waals surface area contributed by atoms with E-state index in [9.17, 15) is 0 Å². The normalized spacial score (nSPS) is 12.2. The number of unbranched alkanes of at least 4 members (excludes halogenated alkanes) is 1. The van der Waals surface area contributed by atoms with E-state index in [2.05, 4.69) is 18.3 Å². The maximum absolute atomic E-state index is 8.71. The van der Waals surface area contributed by atoms with Crippen molar-refractivity contribution in [1.82, 2.24) is 5.32 Å². The number of nitriles is 1. The molecule has 124 valence electrons. The molecule has 0 aliphatic heterocycles. The predicted molar refractivity (Wildman–Crippen MR) is 81.3 cm³/mol. The standard InChI is InChI=1S/C15H30N2O4/c1-3-4-6-18-8-10-20-12-13-21-11-9-19-7-5-15(14-16)17-2/h15,17H,3-13H2,1-2H3. The van der Waals surface area contributed by atoms with Crippen LogP contribution in [0.2, 0.25) is 0 Å². The second-order valence-electron chi connectivity index (χ2n) is 4.56. The van der Waals surface area contributed by atoms with Crippen LogP contribution in [0.1, 0.15) is 26.2 Å². The van der Waals surface area contributed by atoms with E-state index in [1.807, 2.05) is 0 Å². The second kappa shape index (κ2) is 17.3. The molecule has 1 N–H and O–H groups in total. The molecule has 0 aromatic carbocycles. The molecule has 0 saturated heterocycles. The lowest BCUT2D eigenvalue weighted by atomic mass is 10.2. The van der Waals surface area contributed by atoms with Gasteiger partial charge >= 0.3 is 0 Å². The number of rotatable bonds is 16. The lowest BCUT2D eigenvalue weighted by Gasteiger charge is -2.09. The van der Waals surface area contributed by atoms with Gasteiger partial charge in [-0.2, -0.15) is 5.26 Å². The highest BCUT2D eigenvalue weighted by molar-refractivity contribution is 4.87. The average molecular weight is 302 g/mol. The fourth-order valence-electron chi connectivity index (χ4n) is 1.48. The molecule has 0 aromatic rings. The fourth-order valence-corrected chi connectivity index (χ4v) is 1.48. The third-order valence-corrected chi connectivity index (χ3v) is 2.81. The van der Waals surface area contributed by atoms with Gasteiger partial charge in [-0.25, -0.2) is 0 Å². The number of hydrogen-bond donors (Lipinski definition) is 1. The van der Waals surface area contributed by atoms with E-state index in [1.54, 1.807) is 7.05 Å². The highest BCUT2D eigenvalue weighted by atomic mass is 16.6. The van der Waals surface area contributed by atoms with Gasteiger partial charge in [0.05, 0.1) is 51.8 Å². The van der Waals surface area contributed by atoms with Crippen molar-refractivity contribution in [3.05, 3.63) is 0 Å². The molecule has 0 aromatic heterocycles. The first-order valence-corrected chi connectivity index (χ1v) is 7.73. The summed E-state index contributed by atoms with van der Waals surface area (Å²) in [7, 11) is 1.77. The molecule has 0 radical (unpaired) electrons. The Morgan fingerprint density at radius 1 is 0.857 bits per heavy atom. The van der Waals surface area contributed by atoms with E-state index < -0.39 is 0 Å². The summed E-state index contributed by atoms with van der Waals surface area (Å²) >= 11 is 0. The quantitative estimate of drug-likeness (QED) is 0.434. The Morgan fingerprint density at radius 2 is 1.33 bits per heavy atom. The van der Waals surface area contributed by atoms with E-state index in [1.165, 1.54) is 0 Å². The Kier molecular flexibility index (Phi) is 16.8. The number of nitrogens with zero attached hydrogens (tertiary/aromatic N) is 1. The maximum atomic E-state index is 8.71. The number of nitrogens with one attached hydrogen (secondary N) is 1. The third kappa shape index (κ3) is 15.5. The zero-order valence-electron chi connectivity index (χ0n) is 13.4. The Bertz CT molecular complexity index is 246. The van der Waals surface area contributed by atoms with Crippen LogP contribution in [0.3, 0.4) is 0 Å². The molecule has 1 atom stereocenters. The van der Waals surface area contributed by atoms with Gasteiger partial charge in [0.2, 0.25) is 0 Å². The lowest BCUT2D eigenvalue weighted by molar-refractivity contribution is -0.00250. The zero-order valence-corrected chi connectivity index (χ0v) is 13.4. The van der Waals surface area contributed by atoms with Gasteiger partial charge in [-0.05, 0) is 19.9 Å². The molecule has 0 rings (SSSR count). The molecule has 6 nitrogen and oxygen atoms in total. The molecule has 0 bridgehead atoms. The van der Waals surface area contributed by atoms with Crippen LogP contribution in [0.4, 0.5) is 0 Å². The molecule has 1 unspecified atom stereocenters. The van der Waals surface area contributed by atoms with Crippen LogP contribution in [-0.2, 0) is 18.9 Å². The first-order valence-electron chi connectivity index (χ1n) is 7.73. The van der Waals surface area contributed by atoms with Gasteiger partial charge in [0.25, 0.3) is 0 Å². The summed E-state index contributed by atoms with van der Waals surface area (Å²) in [6, 6.07) is 2.01. The molecule has 0 saturated carbocycles. The average Bonchev–Trinajstić information content (AvgIpc) is 2.51. The van der Waals surface area contributed by atoms with Gasteiger partial charge in [0.1, 0.15) is 0 Å². The highest BCUT2D eigenvalue weighted by Gasteiger charge is 2.02. The van der Waals surface area contributed by atoms with Crippen LogP contribution in [0.15, 0.2) is 0 Å². The minimum atomic E-state index is -0.140. The van der Waals surface area contributed by atoms with Gasteiger partial charge < -0.3 is 24.3 Å². The van der Waals surface area contributed by atoms with E-state index in [-0.39, 0.29) is 6.04 Å². The van der Waals surface area contributed by atoms with Gasteiger partial charge in [-0.1, -0.05) is 13.3 Å². The van der Waals surface area contributed by atoms with Crippen LogP contribution in [0, 0.1) is 11.3 Å². The van der Waals surface area contributed by atoms with E-state index >= 15 is 0 Å². The Balaban J connectivity index is 3.04.